The first-order valence-corrected chi connectivity index (χ1v) is 5.97. The molecule has 4 nitrogen and oxygen atoms in total. The SMILES string of the molecule is CC.Cc1cnc(Cl)nc1N1CCOCC1. The van der Waals surface area contributed by atoms with Gasteiger partial charge in [0.1, 0.15) is 5.82 Å². The van der Waals surface area contributed by atoms with Crippen molar-refractivity contribution in [3.8, 4) is 0 Å². The fourth-order valence-corrected chi connectivity index (χ4v) is 1.64. The van der Waals surface area contributed by atoms with Crippen LogP contribution in [0.2, 0.25) is 5.28 Å². The Hall–Kier alpha value is -0.870. The van der Waals surface area contributed by atoms with Gasteiger partial charge in [-0.25, -0.2) is 9.97 Å². The minimum atomic E-state index is 0.303. The lowest BCUT2D eigenvalue weighted by Crippen LogP contribution is -2.37. The van der Waals surface area contributed by atoms with Crippen LogP contribution in [0.5, 0.6) is 0 Å². The van der Waals surface area contributed by atoms with Gasteiger partial charge in [0.15, 0.2) is 0 Å². The zero-order valence-corrected chi connectivity index (χ0v) is 10.8. The second-order valence-electron chi connectivity index (χ2n) is 3.25. The summed E-state index contributed by atoms with van der Waals surface area (Å²) in [6.07, 6.45) is 1.75. The van der Waals surface area contributed by atoms with Crippen LogP contribution in [0.25, 0.3) is 0 Å². The van der Waals surface area contributed by atoms with Gasteiger partial charge in [-0.3, -0.25) is 0 Å². The number of rotatable bonds is 1. The molecular formula is C11H18ClN3O. The van der Waals surface area contributed by atoms with E-state index >= 15 is 0 Å². The second-order valence-corrected chi connectivity index (χ2v) is 3.58. The number of hydrogen-bond donors (Lipinski definition) is 0. The van der Waals surface area contributed by atoms with Gasteiger partial charge in [-0.1, -0.05) is 13.8 Å². The lowest BCUT2D eigenvalue weighted by Gasteiger charge is -2.28. The van der Waals surface area contributed by atoms with Crippen LogP contribution in [-0.4, -0.2) is 36.3 Å². The van der Waals surface area contributed by atoms with E-state index in [9.17, 15) is 0 Å². The molecule has 0 atom stereocenters. The van der Waals surface area contributed by atoms with Crippen molar-refractivity contribution >= 4 is 17.4 Å². The summed E-state index contributed by atoms with van der Waals surface area (Å²) in [6, 6.07) is 0. The number of aromatic nitrogens is 2. The highest BCUT2D eigenvalue weighted by Crippen LogP contribution is 2.18. The first-order valence-electron chi connectivity index (χ1n) is 5.59. The van der Waals surface area contributed by atoms with E-state index in [0.29, 0.717) is 5.28 Å². The highest BCUT2D eigenvalue weighted by atomic mass is 35.5. The smallest absolute Gasteiger partial charge is 0.224 e. The molecule has 0 bridgehead atoms. The van der Waals surface area contributed by atoms with Gasteiger partial charge in [0.2, 0.25) is 5.28 Å². The molecule has 1 aromatic heterocycles. The third kappa shape index (κ3) is 3.32. The van der Waals surface area contributed by atoms with E-state index in [1.54, 1.807) is 6.20 Å². The molecule has 1 saturated heterocycles. The summed E-state index contributed by atoms with van der Waals surface area (Å²) in [6.45, 7) is 9.23. The maximum absolute atomic E-state index is 5.76. The quantitative estimate of drug-likeness (QED) is 0.710. The molecule has 16 heavy (non-hydrogen) atoms. The maximum Gasteiger partial charge on any atom is 0.224 e. The molecule has 0 spiro atoms. The molecule has 0 aromatic carbocycles. The number of anilines is 1. The van der Waals surface area contributed by atoms with Crippen molar-refractivity contribution in [2.24, 2.45) is 0 Å². The van der Waals surface area contributed by atoms with Crippen LogP contribution in [0.1, 0.15) is 19.4 Å². The molecule has 0 saturated carbocycles. The van der Waals surface area contributed by atoms with Gasteiger partial charge in [-0.2, -0.15) is 0 Å². The van der Waals surface area contributed by atoms with E-state index in [4.69, 9.17) is 16.3 Å². The van der Waals surface area contributed by atoms with Crippen LogP contribution in [0.15, 0.2) is 6.20 Å². The third-order valence-corrected chi connectivity index (χ3v) is 2.41. The topological polar surface area (TPSA) is 38.2 Å². The lowest BCUT2D eigenvalue weighted by atomic mass is 10.3. The Kier molecular flexibility index (Phi) is 5.49. The molecule has 90 valence electrons. The van der Waals surface area contributed by atoms with Gasteiger partial charge in [-0.15, -0.1) is 0 Å². The van der Waals surface area contributed by atoms with Gasteiger partial charge in [0.25, 0.3) is 0 Å². The van der Waals surface area contributed by atoms with Gasteiger partial charge < -0.3 is 9.64 Å². The molecule has 0 amide bonds. The van der Waals surface area contributed by atoms with Gasteiger partial charge in [0, 0.05) is 24.8 Å². The number of halogens is 1. The fraction of sp³-hybridized carbons (Fsp3) is 0.636. The standard InChI is InChI=1S/C9H12ClN3O.C2H6/c1-7-6-11-9(10)12-8(7)13-2-4-14-5-3-13;1-2/h6H,2-5H2,1H3;1-2H3. The average Bonchev–Trinajstić information content (AvgIpc) is 2.36. The normalized spacial score (nSPS) is 15.4. The van der Waals surface area contributed by atoms with Crippen LogP contribution in [0.3, 0.4) is 0 Å². The highest BCUT2D eigenvalue weighted by Gasteiger charge is 2.14. The Morgan fingerprint density at radius 1 is 1.31 bits per heavy atom. The number of aryl methyl sites for hydroxylation is 1. The number of hydrogen-bond acceptors (Lipinski definition) is 4. The maximum atomic E-state index is 5.76. The average molecular weight is 244 g/mol. The van der Waals surface area contributed by atoms with E-state index in [1.807, 2.05) is 20.8 Å². The summed E-state index contributed by atoms with van der Waals surface area (Å²) < 4.78 is 5.27. The largest absolute Gasteiger partial charge is 0.378 e. The summed E-state index contributed by atoms with van der Waals surface area (Å²) in [5.41, 5.74) is 1.05. The number of nitrogens with zero attached hydrogens (tertiary/aromatic N) is 3. The lowest BCUT2D eigenvalue weighted by molar-refractivity contribution is 0.122. The molecule has 0 unspecified atom stereocenters. The first kappa shape index (κ1) is 13.2. The van der Waals surface area contributed by atoms with Crippen molar-refractivity contribution < 1.29 is 4.74 Å². The molecule has 2 heterocycles. The molecule has 5 heteroatoms. The van der Waals surface area contributed by atoms with Crippen molar-refractivity contribution in [3.63, 3.8) is 0 Å². The molecular weight excluding hydrogens is 226 g/mol. The van der Waals surface area contributed by atoms with Crippen molar-refractivity contribution in [2.75, 3.05) is 31.2 Å². The van der Waals surface area contributed by atoms with E-state index < -0.39 is 0 Å². The van der Waals surface area contributed by atoms with Crippen molar-refractivity contribution in [1.29, 1.82) is 0 Å². The summed E-state index contributed by atoms with van der Waals surface area (Å²) >= 11 is 5.76. The molecule has 0 radical (unpaired) electrons. The Balaban J connectivity index is 0.000000606. The Labute approximate surface area is 102 Å². The molecule has 1 aliphatic rings. The van der Waals surface area contributed by atoms with E-state index in [1.165, 1.54) is 0 Å². The number of morpholine rings is 1. The number of ether oxygens (including phenoxy) is 1. The zero-order valence-electron chi connectivity index (χ0n) is 10.0. The van der Waals surface area contributed by atoms with E-state index in [2.05, 4.69) is 14.9 Å². The van der Waals surface area contributed by atoms with Crippen LogP contribution >= 0.6 is 11.6 Å². The third-order valence-electron chi connectivity index (χ3n) is 2.23. The summed E-state index contributed by atoms with van der Waals surface area (Å²) in [7, 11) is 0. The second kappa shape index (κ2) is 6.66. The van der Waals surface area contributed by atoms with Crippen molar-refractivity contribution in [1.82, 2.24) is 9.97 Å². The minimum absolute atomic E-state index is 0.303. The molecule has 1 fully saturated rings. The molecule has 1 aliphatic heterocycles. The predicted molar refractivity (Wildman–Crippen MR) is 66.2 cm³/mol. The minimum Gasteiger partial charge on any atom is -0.378 e. The van der Waals surface area contributed by atoms with Crippen LogP contribution in [0, 0.1) is 6.92 Å². The molecule has 2 rings (SSSR count). The van der Waals surface area contributed by atoms with Crippen molar-refractivity contribution in [3.05, 3.63) is 17.0 Å². The monoisotopic (exact) mass is 243 g/mol. The van der Waals surface area contributed by atoms with Gasteiger partial charge in [0.05, 0.1) is 13.2 Å². The van der Waals surface area contributed by atoms with E-state index in [-0.39, 0.29) is 0 Å². The first-order chi connectivity index (χ1) is 7.77. The summed E-state index contributed by atoms with van der Waals surface area (Å²) in [5.74, 6) is 0.924. The molecule has 0 N–H and O–H groups in total. The van der Waals surface area contributed by atoms with Crippen molar-refractivity contribution in [2.45, 2.75) is 20.8 Å². The van der Waals surface area contributed by atoms with Gasteiger partial charge >= 0.3 is 0 Å². The van der Waals surface area contributed by atoms with Crippen LogP contribution < -0.4 is 4.90 Å². The Morgan fingerprint density at radius 2 is 1.94 bits per heavy atom. The van der Waals surface area contributed by atoms with Gasteiger partial charge in [-0.05, 0) is 18.5 Å². The zero-order chi connectivity index (χ0) is 12.0. The summed E-state index contributed by atoms with van der Waals surface area (Å²) in [4.78, 5) is 10.3. The molecule has 0 aliphatic carbocycles. The predicted octanol–water partition coefficient (Wildman–Crippen LogP) is 2.30. The highest BCUT2D eigenvalue weighted by molar-refractivity contribution is 6.28. The van der Waals surface area contributed by atoms with Crippen LogP contribution in [0.4, 0.5) is 5.82 Å². The Morgan fingerprint density at radius 3 is 2.56 bits per heavy atom. The fourth-order valence-electron chi connectivity index (χ4n) is 1.51. The molecule has 1 aromatic rings. The van der Waals surface area contributed by atoms with E-state index in [0.717, 1.165) is 37.7 Å². The Bertz CT molecular complexity index is 327. The van der Waals surface area contributed by atoms with Crippen LogP contribution in [-0.2, 0) is 4.74 Å². The summed E-state index contributed by atoms with van der Waals surface area (Å²) in [5, 5.41) is 0.303.